The van der Waals surface area contributed by atoms with Crippen molar-refractivity contribution in [1.29, 1.82) is 0 Å². The number of benzene rings is 2. The predicted molar refractivity (Wildman–Crippen MR) is 96.3 cm³/mol. The first-order valence-electron chi connectivity index (χ1n) is 7.82. The Bertz CT molecular complexity index is 1020. The largest absolute Gasteiger partial charge is 0.322 e. The van der Waals surface area contributed by atoms with Crippen LogP contribution in [0, 0.1) is 13.8 Å². The highest BCUT2D eigenvalue weighted by atomic mass is 15.3. The molecule has 2 heterocycles. The number of para-hydroxylation sites is 1. The molecule has 0 aliphatic heterocycles. The molecule has 0 aliphatic carbocycles. The third kappa shape index (κ3) is 2.60. The standard InChI is InChI=1S/C19H17N5/c1-12-7-3-4-8-14(12)17-11-18(22-19-20-13(2)23-24-19)15-9-5-6-10-16(15)21-17/h3-11H,1-2H3,(H2,20,21,22,23,24). The zero-order valence-electron chi connectivity index (χ0n) is 13.5. The SMILES string of the molecule is Cc1nc(Nc2cc(-c3ccccc3C)nc3ccccc23)n[nH]1. The molecule has 5 heteroatoms. The Balaban J connectivity index is 1.89. The first kappa shape index (κ1) is 14.4. The van der Waals surface area contributed by atoms with Crippen LogP contribution < -0.4 is 5.32 Å². The van der Waals surface area contributed by atoms with Crippen molar-refractivity contribution in [1.82, 2.24) is 20.2 Å². The molecule has 0 fully saturated rings. The Kier molecular flexibility index (Phi) is 3.46. The van der Waals surface area contributed by atoms with Gasteiger partial charge in [-0.15, -0.1) is 5.10 Å². The van der Waals surface area contributed by atoms with Gasteiger partial charge >= 0.3 is 0 Å². The zero-order chi connectivity index (χ0) is 16.5. The maximum absolute atomic E-state index is 4.83. The van der Waals surface area contributed by atoms with Crippen LogP contribution in [0.15, 0.2) is 54.6 Å². The molecule has 0 saturated carbocycles. The van der Waals surface area contributed by atoms with Crippen LogP contribution in [0.25, 0.3) is 22.2 Å². The second kappa shape index (κ2) is 5.77. The lowest BCUT2D eigenvalue weighted by Gasteiger charge is -2.11. The zero-order valence-corrected chi connectivity index (χ0v) is 13.5. The molecule has 0 amide bonds. The lowest BCUT2D eigenvalue weighted by molar-refractivity contribution is 1.04. The van der Waals surface area contributed by atoms with Gasteiger partial charge in [-0.25, -0.2) is 4.98 Å². The Morgan fingerprint density at radius 2 is 1.71 bits per heavy atom. The van der Waals surface area contributed by atoms with Crippen LogP contribution in [0.3, 0.4) is 0 Å². The number of anilines is 2. The number of fused-ring (bicyclic) bond motifs is 1. The topological polar surface area (TPSA) is 66.5 Å². The number of pyridine rings is 1. The fourth-order valence-corrected chi connectivity index (χ4v) is 2.80. The van der Waals surface area contributed by atoms with E-state index >= 15 is 0 Å². The number of aromatic amines is 1. The van der Waals surface area contributed by atoms with E-state index in [-0.39, 0.29) is 0 Å². The summed E-state index contributed by atoms with van der Waals surface area (Å²) >= 11 is 0. The summed E-state index contributed by atoms with van der Waals surface area (Å²) in [4.78, 5) is 9.16. The summed E-state index contributed by atoms with van der Waals surface area (Å²) in [6.07, 6.45) is 0. The fourth-order valence-electron chi connectivity index (χ4n) is 2.80. The number of nitrogens with zero attached hydrogens (tertiary/aromatic N) is 3. The maximum Gasteiger partial charge on any atom is 0.246 e. The first-order chi connectivity index (χ1) is 11.7. The lowest BCUT2D eigenvalue weighted by Crippen LogP contribution is -1.97. The van der Waals surface area contributed by atoms with Crippen molar-refractivity contribution in [2.45, 2.75) is 13.8 Å². The minimum atomic E-state index is 0.555. The van der Waals surface area contributed by atoms with Gasteiger partial charge in [-0.2, -0.15) is 4.98 Å². The number of aryl methyl sites for hydroxylation is 2. The smallest absolute Gasteiger partial charge is 0.246 e. The molecule has 0 atom stereocenters. The molecule has 2 aromatic heterocycles. The summed E-state index contributed by atoms with van der Waals surface area (Å²) in [5.41, 5.74) is 5.13. The average molecular weight is 315 g/mol. The molecule has 118 valence electrons. The third-order valence-corrected chi connectivity index (χ3v) is 3.98. The van der Waals surface area contributed by atoms with Gasteiger partial charge in [0.1, 0.15) is 5.82 Å². The molecular formula is C19H17N5. The second-order valence-electron chi connectivity index (χ2n) is 5.76. The highest BCUT2D eigenvalue weighted by Crippen LogP contribution is 2.30. The van der Waals surface area contributed by atoms with Gasteiger partial charge < -0.3 is 5.32 Å². The fraction of sp³-hybridized carbons (Fsp3) is 0.105. The number of hydrogen-bond acceptors (Lipinski definition) is 4. The van der Waals surface area contributed by atoms with Crippen molar-refractivity contribution in [2.24, 2.45) is 0 Å². The van der Waals surface area contributed by atoms with Gasteiger partial charge in [-0.3, -0.25) is 5.10 Å². The quantitative estimate of drug-likeness (QED) is 0.589. The molecule has 0 radical (unpaired) electrons. The highest BCUT2D eigenvalue weighted by molar-refractivity contribution is 5.95. The van der Waals surface area contributed by atoms with E-state index in [0.29, 0.717) is 5.95 Å². The van der Waals surface area contributed by atoms with Crippen molar-refractivity contribution in [3.05, 3.63) is 66.0 Å². The van der Waals surface area contributed by atoms with E-state index in [1.165, 1.54) is 5.56 Å². The van der Waals surface area contributed by atoms with Crippen LogP contribution in [0.2, 0.25) is 0 Å². The van der Waals surface area contributed by atoms with Crippen molar-refractivity contribution >= 4 is 22.5 Å². The van der Waals surface area contributed by atoms with E-state index in [2.05, 4.69) is 45.6 Å². The first-order valence-corrected chi connectivity index (χ1v) is 7.82. The van der Waals surface area contributed by atoms with Crippen LogP contribution in [0.1, 0.15) is 11.4 Å². The van der Waals surface area contributed by atoms with Gasteiger partial charge in [0.25, 0.3) is 0 Å². The van der Waals surface area contributed by atoms with E-state index in [4.69, 9.17) is 4.98 Å². The maximum atomic E-state index is 4.83. The van der Waals surface area contributed by atoms with E-state index in [0.717, 1.165) is 33.7 Å². The third-order valence-electron chi connectivity index (χ3n) is 3.98. The number of nitrogens with one attached hydrogen (secondary N) is 2. The Morgan fingerprint density at radius 3 is 2.50 bits per heavy atom. The van der Waals surface area contributed by atoms with Gasteiger partial charge in [0.05, 0.1) is 16.9 Å². The van der Waals surface area contributed by atoms with Gasteiger partial charge in [0, 0.05) is 10.9 Å². The molecule has 24 heavy (non-hydrogen) atoms. The normalized spacial score (nSPS) is 10.9. The van der Waals surface area contributed by atoms with Crippen molar-refractivity contribution in [2.75, 3.05) is 5.32 Å². The van der Waals surface area contributed by atoms with Gasteiger partial charge in [0.2, 0.25) is 5.95 Å². The predicted octanol–water partition coefficient (Wildman–Crippen LogP) is 4.38. The summed E-state index contributed by atoms with van der Waals surface area (Å²) < 4.78 is 0. The molecule has 0 bridgehead atoms. The summed E-state index contributed by atoms with van der Waals surface area (Å²) in [7, 11) is 0. The number of rotatable bonds is 3. The van der Waals surface area contributed by atoms with E-state index in [1.807, 2.05) is 43.3 Å². The minimum absolute atomic E-state index is 0.555. The molecule has 0 saturated heterocycles. The van der Waals surface area contributed by atoms with Crippen LogP contribution in [-0.2, 0) is 0 Å². The Morgan fingerprint density at radius 1 is 0.917 bits per heavy atom. The lowest BCUT2D eigenvalue weighted by atomic mass is 10.0. The van der Waals surface area contributed by atoms with Crippen molar-refractivity contribution in [3.63, 3.8) is 0 Å². The van der Waals surface area contributed by atoms with Gasteiger partial charge in [-0.1, -0.05) is 42.5 Å². The van der Waals surface area contributed by atoms with Gasteiger partial charge in [-0.05, 0) is 31.5 Å². The number of hydrogen-bond donors (Lipinski definition) is 2. The number of H-pyrrole nitrogens is 1. The van der Waals surface area contributed by atoms with Crippen LogP contribution >= 0.6 is 0 Å². The molecule has 0 aliphatic rings. The monoisotopic (exact) mass is 315 g/mol. The minimum Gasteiger partial charge on any atom is -0.322 e. The van der Waals surface area contributed by atoms with E-state index in [9.17, 15) is 0 Å². The summed E-state index contributed by atoms with van der Waals surface area (Å²) in [6.45, 7) is 3.97. The molecular weight excluding hydrogens is 298 g/mol. The van der Waals surface area contributed by atoms with Crippen molar-refractivity contribution in [3.8, 4) is 11.3 Å². The van der Waals surface area contributed by atoms with Gasteiger partial charge in [0.15, 0.2) is 0 Å². The molecule has 2 N–H and O–H groups in total. The van der Waals surface area contributed by atoms with Crippen LogP contribution in [-0.4, -0.2) is 20.2 Å². The van der Waals surface area contributed by atoms with Crippen molar-refractivity contribution < 1.29 is 0 Å². The van der Waals surface area contributed by atoms with Crippen LogP contribution in [0.5, 0.6) is 0 Å². The molecule has 4 aromatic rings. The molecule has 2 aromatic carbocycles. The molecule has 4 rings (SSSR count). The molecule has 0 unspecified atom stereocenters. The summed E-state index contributed by atoms with van der Waals surface area (Å²) in [5, 5.41) is 11.4. The molecule has 0 spiro atoms. The van der Waals surface area contributed by atoms with E-state index < -0.39 is 0 Å². The molecule has 5 nitrogen and oxygen atoms in total. The Labute approximate surface area is 139 Å². The highest BCUT2D eigenvalue weighted by Gasteiger charge is 2.10. The number of aromatic nitrogens is 4. The summed E-state index contributed by atoms with van der Waals surface area (Å²) in [5.74, 6) is 1.33. The van der Waals surface area contributed by atoms with E-state index in [1.54, 1.807) is 0 Å². The average Bonchev–Trinajstić information content (AvgIpc) is 3.00. The summed E-state index contributed by atoms with van der Waals surface area (Å²) in [6, 6.07) is 18.4. The van der Waals surface area contributed by atoms with Crippen LogP contribution in [0.4, 0.5) is 11.6 Å². The Hall–Kier alpha value is -3.21. The second-order valence-corrected chi connectivity index (χ2v) is 5.76.